The minimum atomic E-state index is -1.93. The van der Waals surface area contributed by atoms with Crippen LogP contribution in [-0.2, 0) is 58.0 Å². The first-order valence-corrected chi connectivity index (χ1v) is 11.5. The maximum atomic E-state index is 12.3. The minimum Gasteiger partial charge on any atom is -0.462 e. The molecular formula is C24H26ClNO11. The molecule has 2 heterocycles. The molecule has 0 amide bonds. The lowest BCUT2D eigenvalue weighted by Gasteiger charge is -2.49. The number of hydrogen-bond donors (Lipinski definition) is 1. The van der Waals surface area contributed by atoms with E-state index in [1.807, 2.05) is 0 Å². The largest absolute Gasteiger partial charge is 0.462 e. The summed E-state index contributed by atoms with van der Waals surface area (Å²) >= 11 is 6.12. The highest BCUT2D eigenvalue weighted by molar-refractivity contribution is 6.31. The van der Waals surface area contributed by atoms with E-state index in [4.69, 9.17) is 40.0 Å². The van der Waals surface area contributed by atoms with Crippen LogP contribution in [0.25, 0.3) is 10.9 Å². The van der Waals surface area contributed by atoms with Crippen LogP contribution in [0, 0.1) is 0 Å². The van der Waals surface area contributed by atoms with Gasteiger partial charge in [-0.25, -0.2) is 0 Å². The van der Waals surface area contributed by atoms with E-state index in [0.717, 1.165) is 34.6 Å². The smallest absolute Gasteiger partial charge is 0.305 e. The molecule has 37 heavy (non-hydrogen) atoms. The number of aromatic amines is 1. The van der Waals surface area contributed by atoms with Crippen molar-refractivity contribution >= 4 is 52.4 Å². The van der Waals surface area contributed by atoms with Gasteiger partial charge in [0.15, 0.2) is 17.8 Å². The topological polar surface area (TPSA) is 157 Å². The molecule has 3 rings (SSSR count). The lowest BCUT2D eigenvalue weighted by molar-refractivity contribution is -0.339. The van der Waals surface area contributed by atoms with Crippen molar-refractivity contribution in [2.24, 2.45) is 0 Å². The molecule has 12 nitrogen and oxygen atoms in total. The summed E-state index contributed by atoms with van der Waals surface area (Å²) in [5, 5.41) is 1.07. The fourth-order valence-corrected chi connectivity index (χ4v) is 4.28. The van der Waals surface area contributed by atoms with Crippen molar-refractivity contribution in [3.8, 4) is 0 Å². The number of aromatic nitrogens is 1. The first-order valence-electron chi connectivity index (χ1n) is 11.1. The first kappa shape index (κ1) is 27.9. The molecule has 0 radical (unpaired) electrons. The molecule has 1 aromatic carbocycles. The van der Waals surface area contributed by atoms with Crippen molar-refractivity contribution in [1.82, 2.24) is 4.98 Å². The Kier molecular flexibility index (Phi) is 8.44. The van der Waals surface area contributed by atoms with Crippen molar-refractivity contribution in [3.63, 3.8) is 0 Å². The van der Waals surface area contributed by atoms with E-state index in [1.54, 1.807) is 24.3 Å². The number of esters is 5. The molecule has 2 aromatic rings. The van der Waals surface area contributed by atoms with Crippen LogP contribution in [0.4, 0.5) is 0 Å². The predicted octanol–water partition coefficient (Wildman–Crippen LogP) is 2.29. The van der Waals surface area contributed by atoms with E-state index in [2.05, 4.69) is 4.98 Å². The van der Waals surface area contributed by atoms with Gasteiger partial charge in [-0.15, -0.1) is 0 Å². The lowest BCUT2D eigenvalue weighted by atomic mass is 9.83. The van der Waals surface area contributed by atoms with Gasteiger partial charge in [0.25, 0.3) is 0 Å². The summed E-state index contributed by atoms with van der Waals surface area (Å²) in [6.07, 6.45) is -6.30. The number of benzene rings is 1. The standard InChI is InChI=1S/C24H26ClNO11/c1-11(27)32-10-24(19-8-16-6-7-17(25)9-18(16)26-19)22(35-14(4)30)20(33-12(2)28)21(34-13(3)29)23(37-24)36-15(5)31/h6-9,20-23,26H,10H2,1-5H3/t20-,21-,22-,23-,24+/m1/s1. The Balaban J connectivity index is 2.31. The van der Waals surface area contributed by atoms with Crippen molar-refractivity contribution < 1.29 is 52.4 Å². The van der Waals surface area contributed by atoms with Gasteiger partial charge >= 0.3 is 29.8 Å². The third-order valence-corrected chi connectivity index (χ3v) is 5.62. The Morgan fingerprint density at radius 2 is 1.43 bits per heavy atom. The minimum absolute atomic E-state index is 0.202. The Bertz CT molecular complexity index is 1220. The van der Waals surface area contributed by atoms with E-state index in [9.17, 15) is 24.0 Å². The molecule has 1 N–H and O–H groups in total. The second-order valence-electron chi connectivity index (χ2n) is 8.36. The Morgan fingerprint density at radius 3 is 2.00 bits per heavy atom. The zero-order valence-electron chi connectivity index (χ0n) is 20.7. The predicted molar refractivity (Wildman–Crippen MR) is 125 cm³/mol. The number of hydrogen-bond acceptors (Lipinski definition) is 11. The fraction of sp³-hybridized carbons (Fsp3) is 0.458. The molecule has 1 saturated heterocycles. The molecule has 0 aliphatic carbocycles. The third-order valence-electron chi connectivity index (χ3n) is 5.39. The van der Waals surface area contributed by atoms with E-state index in [0.29, 0.717) is 15.9 Å². The quantitative estimate of drug-likeness (QED) is 0.406. The molecule has 1 fully saturated rings. The SMILES string of the molecule is CC(=O)OC[C@@]1(c2cc3ccc(Cl)cc3[nH]2)O[C@@H](OC(C)=O)[C@H](OC(C)=O)[C@@H](OC(C)=O)[C@H]1OC(C)=O. The highest BCUT2D eigenvalue weighted by atomic mass is 35.5. The summed E-state index contributed by atoms with van der Waals surface area (Å²) in [5.74, 6) is -3.99. The number of carbonyl (C=O) groups is 5. The van der Waals surface area contributed by atoms with E-state index in [1.165, 1.54) is 0 Å². The molecule has 5 atom stereocenters. The second kappa shape index (κ2) is 11.2. The van der Waals surface area contributed by atoms with Crippen molar-refractivity contribution in [3.05, 3.63) is 35.0 Å². The molecule has 0 spiro atoms. The Labute approximate surface area is 216 Å². The van der Waals surface area contributed by atoms with Crippen LogP contribution >= 0.6 is 11.6 Å². The number of H-pyrrole nitrogens is 1. The van der Waals surface area contributed by atoms with Crippen LogP contribution < -0.4 is 0 Å². The van der Waals surface area contributed by atoms with Crippen LogP contribution in [0.5, 0.6) is 0 Å². The lowest BCUT2D eigenvalue weighted by Crippen LogP contribution is -2.67. The van der Waals surface area contributed by atoms with E-state index < -0.39 is 66.7 Å². The van der Waals surface area contributed by atoms with Crippen LogP contribution in [0.15, 0.2) is 24.3 Å². The zero-order valence-corrected chi connectivity index (χ0v) is 21.5. The van der Waals surface area contributed by atoms with Gasteiger partial charge in [-0.3, -0.25) is 24.0 Å². The van der Waals surface area contributed by atoms with Crippen LogP contribution in [0.1, 0.15) is 40.3 Å². The second-order valence-corrected chi connectivity index (χ2v) is 8.79. The molecule has 1 aliphatic heterocycles. The van der Waals surface area contributed by atoms with E-state index in [-0.39, 0.29) is 5.69 Å². The number of rotatable bonds is 7. The number of nitrogens with one attached hydrogen (secondary N) is 1. The third kappa shape index (κ3) is 6.38. The van der Waals surface area contributed by atoms with Gasteiger partial charge in [-0.05, 0) is 23.6 Å². The van der Waals surface area contributed by atoms with Gasteiger partial charge < -0.3 is 33.4 Å². The Hall–Kier alpha value is -3.64. The van der Waals surface area contributed by atoms with Gasteiger partial charge in [0.05, 0.1) is 5.69 Å². The van der Waals surface area contributed by atoms with E-state index >= 15 is 0 Å². The average molecular weight is 540 g/mol. The van der Waals surface area contributed by atoms with Crippen LogP contribution in [0.3, 0.4) is 0 Å². The monoisotopic (exact) mass is 539 g/mol. The summed E-state index contributed by atoms with van der Waals surface area (Å²) in [4.78, 5) is 63.3. The van der Waals surface area contributed by atoms with Crippen LogP contribution in [0.2, 0.25) is 5.02 Å². The number of ether oxygens (including phenoxy) is 6. The fourth-order valence-electron chi connectivity index (χ4n) is 4.11. The van der Waals surface area contributed by atoms with Crippen molar-refractivity contribution in [2.75, 3.05) is 6.61 Å². The maximum Gasteiger partial charge on any atom is 0.305 e. The summed E-state index contributed by atoms with van der Waals surface area (Å²) in [6, 6.07) is 6.59. The summed E-state index contributed by atoms with van der Waals surface area (Å²) in [7, 11) is 0. The maximum absolute atomic E-state index is 12.3. The van der Waals surface area contributed by atoms with Crippen molar-refractivity contribution in [1.29, 1.82) is 0 Å². The number of halogens is 1. The normalized spacial score (nSPS) is 25.1. The molecule has 200 valence electrons. The highest BCUT2D eigenvalue weighted by Gasteiger charge is 2.63. The van der Waals surface area contributed by atoms with Crippen LogP contribution in [-0.4, -0.2) is 66.0 Å². The molecule has 1 aromatic heterocycles. The molecular weight excluding hydrogens is 514 g/mol. The summed E-state index contributed by atoms with van der Waals surface area (Å²) in [6.45, 7) is 4.93. The Morgan fingerprint density at radius 1 is 0.838 bits per heavy atom. The first-order chi connectivity index (χ1) is 17.3. The molecule has 0 bridgehead atoms. The number of carbonyl (C=O) groups excluding carboxylic acids is 5. The van der Waals surface area contributed by atoms with Gasteiger partial charge in [0.2, 0.25) is 12.4 Å². The average Bonchev–Trinajstić information content (AvgIpc) is 3.19. The van der Waals surface area contributed by atoms with Gasteiger partial charge in [0.1, 0.15) is 6.61 Å². The molecule has 0 saturated carbocycles. The van der Waals surface area contributed by atoms with Gasteiger partial charge in [-0.2, -0.15) is 0 Å². The zero-order chi connectivity index (χ0) is 27.5. The molecule has 0 unspecified atom stereocenters. The van der Waals surface area contributed by atoms with Gasteiger partial charge in [0, 0.05) is 45.2 Å². The number of fused-ring (bicyclic) bond motifs is 1. The molecule has 1 aliphatic rings. The summed E-state index contributed by atoms with van der Waals surface area (Å²) < 4.78 is 33.2. The summed E-state index contributed by atoms with van der Waals surface area (Å²) in [5.41, 5.74) is -1.18. The van der Waals surface area contributed by atoms with Gasteiger partial charge in [-0.1, -0.05) is 17.7 Å². The highest BCUT2D eigenvalue weighted by Crippen LogP contribution is 2.44. The van der Waals surface area contributed by atoms with Crippen molar-refractivity contribution in [2.45, 2.75) is 64.8 Å². The molecule has 13 heteroatoms.